The molecule has 1 atom stereocenters. The molecule has 112 valence electrons. The molecule has 0 saturated carbocycles. The van der Waals surface area contributed by atoms with Gasteiger partial charge in [0.2, 0.25) is 0 Å². The second-order valence-electron chi connectivity index (χ2n) is 5.78. The third-order valence-electron chi connectivity index (χ3n) is 4.21. The van der Waals surface area contributed by atoms with E-state index in [2.05, 4.69) is 23.1 Å². The van der Waals surface area contributed by atoms with Crippen molar-refractivity contribution in [2.45, 2.75) is 32.1 Å². The topological polar surface area (TPSA) is 32.7 Å². The third-order valence-corrected chi connectivity index (χ3v) is 4.21. The van der Waals surface area contributed by atoms with Crippen molar-refractivity contribution in [3.8, 4) is 5.75 Å². The first-order valence-corrected chi connectivity index (χ1v) is 7.78. The highest BCUT2D eigenvalue weighted by Gasteiger charge is 2.18. The number of aliphatic hydroxyl groups excluding tert-OH is 1. The van der Waals surface area contributed by atoms with Gasteiger partial charge in [0.05, 0.1) is 7.11 Å². The van der Waals surface area contributed by atoms with E-state index in [0.717, 1.165) is 18.6 Å². The SMILES string of the molecule is COc1cccc(CCCN2CCC[C@@H](CCO)C2)c1. The van der Waals surface area contributed by atoms with E-state index >= 15 is 0 Å². The summed E-state index contributed by atoms with van der Waals surface area (Å²) in [5.74, 6) is 1.65. The van der Waals surface area contributed by atoms with Gasteiger partial charge < -0.3 is 14.7 Å². The van der Waals surface area contributed by atoms with Gasteiger partial charge in [-0.15, -0.1) is 0 Å². The zero-order valence-electron chi connectivity index (χ0n) is 12.6. The molecule has 1 aromatic rings. The molecular weight excluding hydrogens is 250 g/mol. The number of likely N-dealkylation sites (tertiary alicyclic amines) is 1. The second kappa shape index (κ2) is 8.28. The van der Waals surface area contributed by atoms with Crippen molar-refractivity contribution >= 4 is 0 Å². The van der Waals surface area contributed by atoms with E-state index in [4.69, 9.17) is 9.84 Å². The molecule has 1 fully saturated rings. The number of rotatable bonds is 7. The van der Waals surface area contributed by atoms with Gasteiger partial charge in [-0.25, -0.2) is 0 Å². The van der Waals surface area contributed by atoms with Gasteiger partial charge in [-0.3, -0.25) is 0 Å². The number of benzene rings is 1. The van der Waals surface area contributed by atoms with E-state index in [1.54, 1.807) is 7.11 Å². The van der Waals surface area contributed by atoms with Crippen LogP contribution in [0.5, 0.6) is 5.75 Å². The Balaban J connectivity index is 1.72. The molecule has 0 unspecified atom stereocenters. The zero-order chi connectivity index (χ0) is 14.2. The van der Waals surface area contributed by atoms with Crippen LogP contribution in [0.2, 0.25) is 0 Å². The summed E-state index contributed by atoms with van der Waals surface area (Å²) in [4.78, 5) is 2.56. The van der Waals surface area contributed by atoms with Crippen molar-refractivity contribution in [2.75, 3.05) is 33.4 Å². The molecule has 0 aliphatic carbocycles. The molecule has 0 radical (unpaired) electrons. The molecule has 3 nitrogen and oxygen atoms in total. The Morgan fingerprint density at radius 1 is 1.40 bits per heavy atom. The minimum absolute atomic E-state index is 0.336. The van der Waals surface area contributed by atoms with Gasteiger partial charge in [-0.1, -0.05) is 12.1 Å². The molecule has 0 bridgehead atoms. The largest absolute Gasteiger partial charge is 0.497 e. The highest BCUT2D eigenvalue weighted by molar-refractivity contribution is 5.28. The quantitative estimate of drug-likeness (QED) is 0.832. The lowest BCUT2D eigenvalue weighted by molar-refractivity contribution is 0.147. The van der Waals surface area contributed by atoms with Gasteiger partial charge in [0.1, 0.15) is 5.75 Å². The zero-order valence-corrected chi connectivity index (χ0v) is 12.6. The Bertz CT molecular complexity index is 392. The van der Waals surface area contributed by atoms with Crippen molar-refractivity contribution in [3.05, 3.63) is 29.8 Å². The molecular formula is C17H27NO2. The van der Waals surface area contributed by atoms with Gasteiger partial charge in [0.15, 0.2) is 0 Å². The van der Waals surface area contributed by atoms with Crippen LogP contribution in [0.3, 0.4) is 0 Å². The second-order valence-corrected chi connectivity index (χ2v) is 5.78. The van der Waals surface area contributed by atoms with Crippen LogP contribution in [0.1, 0.15) is 31.2 Å². The molecule has 20 heavy (non-hydrogen) atoms. The van der Waals surface area contributed by atoms with Crippen LogP contribution >= 0.6 is 0 Å². The number of hydrogen-bond acceptors (Lipinski definition) is 3. The summed E-state index contributed by atoms with van der Waals surface area (Å²) < 4.78 is 5.26. The van der Waals surface area contributed by atoms with Crippen LogP contribution in [-0.2, 0) is 6.42 Å². The Labute approximate surface area is 122 Å². The molecule has 0 aromatic heterocycles. The number of methoxy groups -OCH3 is 1. The molecule has 1 aliphatic rings. The number of piperidine rings is 1. The van der Waals surface area contributed by atoms with Crippen LogP contribution < -0.4 is 4.74 Å². The smallest absolute Gasteiger partial charge is 0.119 e. The number of hydrogen-bond donors (Lipinski definition) is 1. The van der Waals surface area contributed by atoms with E-state index in [1.165, 1.54) is 44.5 Å². The Hall–Kier alpha value is -1.06. The lowest BCUT2D eigenvalue weighted by Crippen LogP contribution is -2.36. The minimum Gasteiger partial charge on any atom is -0.497 e. The van der Waals surface area contributed by atoms with Gasteiger partial charge in [-0.2, -0.15) is 0 Å². The van der Waals surface area contributed by atoms with Crippen molar-refractivity contribution in [1.82, 2.24) is 4.90 Å². The highest BCUT2D eigenvalue weighted by Crippen LogP contribution is 2.20. The molecule has 0 spiro atoms. The van der Waals surface area contributed by atoms with Crippen molar-refractivity contribution in [1.29, 1.82) is 0 Å². The maximum Gasteiger partial charge on any atom is 0.119 e. The van der Waals surface area contributed by atoms with Crippen LogP contribution in [0.4, 0.5) is 0 Å². The summed E-state index contributed by atoms with van der Waals surface area (Å²) in [5.41, 5.74) is 1.35. The molecule has 1 heterocycles. The summed E-state index contributed by atoms with van der Waals surface area (Å²) in [7, 11) is 1.72. The number of aryl methyl sites for hydroxylation is 1. The fraction of sp³-hybridized carbons (Fsp3) is 0.647. The highest BCUT2D eigenvalue weighted by atomic mass is 16.5. The van der Waals surface area contributed by atoms with Gasteiger partial charge >= 0.3 is 0 Å². The summed E-state index contributed by atoms with van der Waals surface area (Å²) in [6.45, 7) is 3.89. The molecule has 1 N–H and O–H groups in total. The average molecular weight is 277 g/mol. The van der Waals surface area contributed by atoms with Gasteiger partial charge in [0, 0.05) is 13.2 Å². The van der Waals surface area contributed by atoms with Crippen LogP contribution in [0, 0.1) is 5.92 Å². The van der Waals surface area contributed by atoms with Crippen LogP contribution in [0.25, 0.3) is 0 Å². The van der Waals surface area contributed by atoms with Crippen LogP contribution in [-0.4, -0.2) is 43.4 Å². The summed E-state index contributed by atoms with van der Waals surface area (Å²) in [5, 5.41) is 9.05. The van der Waals surface area contributed by atoms with Gasteiger partial charge in [0.25, 0.3) is 0 Å². The van der Waals surface area contributed by atoms with Gasteiger partial charge in [-0.05, 0) is 68.8 Å². The molecule has 2 rings (SSSR count). The van der Waals surface area contributed by atoms with E-state index in [1.807, 2.05) is 6.07 Å². The Morgan fingerprint density at radius 2 is 2.30 bits per heavy atom. The predicted octanol–water partition coefficient (Wildman–Crippen LogP) is 2.72. The van der Waals surface area contributed by atoms with E-state index in [0.29, 0.717) is 12.5 Å². The average Bonchev–Trinajstić information content (AvgIpc) is 2.48. The van der Waals surface area contributed by atoms with Crippen LogP contribution in [0.15, 0.2) is 24.3 Å². The van der Waals surface area contributed by atoms with E-state index in [-0.39, 0.29) is 0 Å². The monoisotopic (exact) mass is 277 g/mol. The molecule has 1 aliphatic heterocycles. The first-order chi connectivity index (χ1) is 9.81. The maximum atomic E-state index is 9.05. The molecule has 0 amide bonds. The Morgan fingerprint density at radius 3 is 3.10 bits per heavy atom. The van der Waals surface area contributed by atoms with Crippen molar-refractivity contribution in [3.63, 3.8) is 0 Å². The lowest BCUT2D eigenvalue weighted by Gasteiger charge is -2.32. The number of ether oxygens (including phenoxy) is 1. The summed E-state index contributed by atoms with van der Waals surface area (Å²) in [6.07, 6.45) is 5.83. The minimum atomic E-state index is 0.336. The first-order valence-electron chi connectivity index (χ1n) is 7.78. The number of nitrogens with zero attached hydrogens (tertiary/aromatic N) is 1. The first kappa shape index (κ1) is 15.3. The third kappa shape index (κ3) is 4.80. The lowest BCUT2D eigenvalue weighted by atomic mass is 9.95. The van der Waals surface area contributed by atoms with E-state index in [9.17, 15) is 0 Å². The standard InChI is InChI=1S/C17H27NO2/c1-20-17-8-2-5-15(13-17)6-3-10-18-11-4-7-16(14-18)9-12-19/h2,5,8,13,16,19H,3-4,6-7,9-12,14H2,1H3/t16-/m0/s1. The maximum absolute atomic E-state index is 9.05. The normalized spacial score (nSPS) is 20.0. The summed E-state index contributed by atoms with van der Waals surface area (Å²) in [6, 6.07) is 8.36. The van der Waals surface area contributed by atoms with Crippen molar-refractivity contribution < 1.29 is 9.84 Å². The van der Waals surface area contributed by atoms with E-state index < -0.39 is 0 Å². The predicted molar refractivity (Wildman–Crippen MR) is 82.2 cm³/mol. The fourth-order valence-corrected chi connectivity index (χ4v) is 3.11. The Kier molecular flexibility index (Phi) is 6.34. The molecule has 3 heteroatoms. The summed E-state index contributed by atoms with van der Waals surface area (Å²) >= 11 is 0. The fourth-order valence-electron chi connectivity index (χ4n) is 3.11. The molecule has 1 saturated heterocycles. The number of aliphatic hydroxyl groups is 1. The van der Waals surface area contributed by atoms with Crippen molar-refractivity contribution in [2.24, 2.45) is 5.92 Å². The molecule has 1 aromatic carbocycles.